The standard InChI is InChI=1S/C40H79N2O6P/c1-3-5-7-9-11-13-14-15-16-17-18-19-20-21-22-23-24-25-26-28-30-32-34-40(44)42-38(37-48-49(45,46)47-36-35-41)39(43)33-31-29-27-12-10-8-6-4-2/h10,12,31,33,38-39,43H,3-9,11,13-30,32,34-37,41H2,1-2H3,(H,42,44)(H,45,46)/b12-10+,33-31+. The molecule has 8 nitrogen and oxygen atoms in total. The monoisotopic (exact) mass is 715 g/mol. The van der Waals surface area contributed by atoms with Crippen LogP contribution in [0.25, 0.3) is 0 Å². The number of phosphoric ester groups is 1. The lowest BCUT2D eigenvalue weighted by atomic mass is 10.0. The van der Waals surface area contributed by atoms with Crippen LogP contribution in [0.2, 0.25) is 0 Å². The van der Waals surface area contributed by atoms with Gasteiger partial charge < -0.3 is 21.1 Å². The Labute approximate surface area is 302 Å². The maximum absolute atomic E-state index is 12.7. The number of allylic oxidation sites excluding steroid dienone is 3. The van der Waals surface area contributed by atoms with Crippen molar-refractivity contribution in [1.29, 1.82) is 0 Å². The number of carbonyl (C=O) groups is 1. The summed E-state index contributed by atoms with van der Waals surface area (Å²) in [5.41, 5.74) is 5.34. The highest BCUT2D eigenvalue weighted by Gasteiger charge is 2.26. The molecule has 0 rings (SSSR count). The van der Waals surface area contributed by atoms with Crippen LogP contribution in [0.4, 0.5) is 0 Å². The number of rotatable bonds is 38. The minimum atomic E-state index is -4.33. The Balaban J connectivity index is 4.01. The predicted octanol–water partition coefficient (Wildman–Crippen LogP) is 11.0. The van der Waals surface area contributed by atoms with Crippen molar-refractivity contribution < 1.29 is 28.4 Å². The van der Waals surface area contributed by atoms with Gasteiger partial charge in [0.25, 0.3) is 0 Å². The van der Waals surface area contributed by atoms with Crippen molar-refractivity contribution in [3.05, 3.63) is 24.3 Å². The Hall–Kier alpha value is -1.02. The molecule has 3 atom stereocenters. The van der Waals surface area contributed by atoms with E-state index in [1.165, 1.54) is 135 Å². The second kappa shape index (κ2) is 36.8. The molecule has 0 saturated heterocycles. The number of hydrogen-bond donors (Lipinski definition) is 4. The fourth-order valence-electron chi connectivity index (χ4n) is 5.90. The van der Waals surface area contributed by atoms with Crippen molar-refractivity contribution in [2.24, 2.45) is 5.73 Å². The molecule has 0 fully saturated rings. The van der Waals surface area contributed by atoms with Gasteiger partial charge in [-0.15, -0.1) is 0 Å². The maximum atomic E-state index is 12.7. The van der Waals surface area contributed by atoms with Crippen molar-refractivity contribution in [2.75, 3.05) is 19.8 Å². The van der Waals surface area contributed by atoms with Crippen molar-refractivity contribution in [2.45, 2.75) is 206 Å². The zero-order chi connectivity index (χ0) is 36.1. The zero-order valence-corrected chi connectivity index (χ0v) is 32.8. The van der Waals surface area contributed by atoms with Crippen LogP contribution >= 0.6 is 7.82 Å². The van der Waals surface area contributed by atoms with E-state index in [1.807, 2.05) is 6.08 Å². The molecule has 0 aromatic carbocycles. The van der Waals surface area contributed by atoms with Crippen LogP contribution in [0, 0.1) is 0 Å². The molecule has 0 aromatic heterocycles. The lowest BCUT2D eigenvalue weighted by Gasteiger charge is -2.23. The van der Waals surface area contributed by atoms with E-state index in [9.17, 15) is 19.4 Å². The molecule has 0 heterocycles. The minimum absolute atomic E-state index is 0.0753. The molecule has 0 radical (unpaired) electrons. The predicted molar refractivity (Wildman–Crippen MR) is 208 cm³/mol. The number of nitrogens with one attached hydrogen (secondary N) is 1. The van der Waals surface area contributed by atoms with Gasteiger partial charge in [-0.25, -0.2) is 4.57 Å². The lowest BCUT2D eigenvalue weighted by molar-refractivity contribution is -0.123. The van der Waals surface area contributed by atoms with Crippen molar-refractivity contribution >= 4 is 13.7 Å². The molecule has 0 bridgehead atoms. The summed E-state index contributed by atoms with van der Waals surface area (Å²) in [6.45, 7) is 4.04. The van der Waals surface area contributed by atoms with Crippen LogP contribution in [-0.2, 0) is 18.4 Å². The average Bonchev–Trinajstić information content (AvgIpc) is 3.09. The highest BCUT2D eigenvalue weighted by atomic mass is 31.2. The number of aliphatic hydroxyl groups is 1. The second-order valence-electron chi connectivity index (χ2n) is 13.8. The SMILES string of the molecule is CCCC/C=C/CC/C=C/C(O)C(COP(=O)(O)OCCN)NC(=O)CCCCCCCCCCCCCCCCCCCCCCCC. The molecule has 0 aliphatic carbocycles. The molecule has 49 heavy (non-hydrogen) atoms. The van der Waals surface area contributed by atoms with Gasteiger partial charge in [-0.1, -0.05) is 186 Å². The first-order chi connectivity index (χ1) is 23.9. The Bertz CT molecular complexity index is 825. The van der Waals surface area contributed by atoms with E-state index in [0.29, 0.717) is 6.42 Å². The zero-order valence-electron chi connectivity index (χ0n) is 31.9. The Kier molecular flexibility index (Phi) is 36.0. The van der Waals surface area contributed by atoms with Crippen LogP contribution in [0.1, 0.15) is 194 Å². The number of carbonyl (C=O) groups excluding carboxylic acids is 1. The third-order valence-corrected chi connectivity index (χ3v) is 10.0. The van der Waals surface area contributed by atoms with Gasteiger partial charge in [0.2, 0.25) is 5.91 Å². The number of hydrogen-bond acceptors (Lipinski definition) is 6. The number of nitrogens with two attached hydrogens (primary N) is 1. The second-order valence-corrected chi connectivity index (χ2v) is 15.3. The number of amides is 1. The summed E-state index contributed by atoms with van der Waals surface area (Å²) in [7, 11) is -4.33. The molecular weight excluding hydrogens is 635 g/mol. The lowest BCUT2D eigenvalue weighted by Crippen LogP contribution is -2.45. The molecule has 0 spiro atoms. The molecule has 0 aromatic rings. The van der Waals surface area contributed by atoms with Crippen LogP contribution in [0.15, 0.2) is 24.3 Å². The molecule has 0 aliphatic heterocycles. The third kappa shape index (κ3) is 35.2. The number of phosphoric acid groups is 1. The summed E-state index contributed by atoms with van der Waals surface area (Å²) < 4.78 is 22.0. The van der Waals surface area contributed by atoms with E-state index in [1.54, 1.807) is 6.08 Å². The highest BCUT2D eigenvalue weighted by molar-refractivity contribution is 7.47. The van der Waals surface area contributed by atoms with Gasteiger partial charge in [0.1, 0.15) is 0 Å². The van der Waals surface area contributed by atoms with Crippen LogP contribution < -0.4 is 11.1 Å². The van der Waals surface area contributed by atoms with Gasteiger partial charge in [0.05, 0.1) is 25.4 Å². The van der Waals surface area contributed by atoms with Gasteiger partial charge in [-0.3, -0.25) is 13.8 Å². The van der Waals surface area contributed by atoms with E-state index in [0.717, 1.165) is 38.5 Å². The smallest absolute Gasteiger partial charge is 0.387 e. The fraction of sp³-hybridized carbons (Fsp3) is 0.875. The molecule has 0 aliphatic rings. The molecule has 1 amide bonds. The number of aliphatic hydroxyl groups excluding tert-OH is 1. The van der Waals surface area contributed by atoms with Crippen molar-refractivity contribution in [3.8, 4) is 0 Å². The summed E-state index contributed by atoms with van der Waals surface area (Å²) in [5, 5.41) is 13.5. The van der Waals surface area contributed by atoms with E-state index in [-0.39, 0.29) is 25.7 Å². The van der Waals surface area contributed by atoms with E-state index >= 15 is 0 Å². The quantitative estimate of drug-likeness (QED) is 0.0284. The van der Waals surface area contributed by atoms with Gasteiger partial charge in [-0.05, 0) is 25.7 Å². The molecule has 5 N–H and O–H groups in total. The van der Waals surface area contributed by atoms with Gasteiger partial charge in [-0.2, -0.15) is 0 Å². The van der Waals surface area contributed by atoms with Gasteiger partial charge in [0, 0.05) is 13.0 Å². The topological polar surface area (TPSA) is 131 Å². The summed E-state index contributed by atoms with van der Waals surface area (Å²) in [6, 6.07) is -0.870. The largest absolute Gasteiger partial charge is 0.472 e. The van der Waals surface area contributed by atoms with E-state index in [4.69, 9.17) is 14.8 Å². The number of unbranched alkanes of at least 4 members (excludes halogenated alkanes) is 24. The Morgan fingerprint density at radius 1 is 0.653 bits per heavy atom. The van der Waals surface area contributed by atoms with Crippen LogP contribution in [-0.4, -0.2) is 47.8 Å². The summed E-state index contributed by atoms with van der Waals surface area (Å²) >= 11 is 0. The summed E-state index contributed by atoms with van der Waals surface area (Å²) in [5.74, 6) is -0.205. The van der Waals surface area contributed by atoms with E-state index < -0.39 is 20.0 Å². The highest BCUT2D eigenvalue weighted by Crippen LogP contribution is 2.43. The van der Waals surface area contributed by atoms with Gasteiger partial charge in [0.15, 0.2) is 0 Å². The molecular formula is C40H79N2O6P. The summed E-state index contributed by atoms with van der Waals surface area (Å²) in [6.07, 6.45) is 41.1. The minimum Gasteiger partial charge on any atom is -0.387 e. The van der Waals surface area contributed by atoms with Crippen LogP contribution in [0.5, 0.6) is 0 Å². The van der Waals surface area contributed by atoms with Gasteiger partial charge >= 0.3 is 7.82 Å². The maximum Gasteiger partial charge on any atom is 0.472 e. The van der Waals surface area contributed by atoms with Crippen molar-refractivity contribution in [3.63, 3.8) is 0 Å². The normalized spacial score (nSPS) is 14.5. The third-order valence-electron chi connectivity index (χ3n) is 9.03. The average molecular weight is 715 g/mol. The first-order valence-electron chi connectivity index (χ1n) is 20.5. The first kappa shape index (κ1) is 48.0. The van der Waals surface area contributed by atoms with Crippen LogP contribution in [0.3, 0.4) is 0 Å². The molecule has 290 valence electrons. The molecule has 9 heteroatoms. The Morgan fingerprint density at radius 3 is 1.55 bits per heavy atom. The first-order valence-corrected chi connectivity index (χ1v) is 22.0. The Morgan fingerprint density at radius 2 is 1.08 bits per heavy atom. The molecule has 0 saturated carbocycles. The van der Waals surface area contributed by atoms with E-state index in [2.05, 4.69) is 31.3 Å². The molecule has 3 unspecified atom stereocenters. The van der Waals surface area contributed by atoms with Crippen molar-refractivity contribution in [1.82, 2.24) is 5.32 Å². The fourth-order valence-corrected chi connectivity index (χ4v) is 6.66. The summed E-state index contributed by atoms with van der Waals surface area (Å²) in [4.78, 5) is 22.5.